The van der Waals surface area contributed by atoms with Gasteiger partial charge in [0, 0.05) is 23.3 Å². The predicted octanol–water partition coefficient (Wildman–Crippen LogP) is 4.45. The smallest absolute Gasteiger partial charge is 0.172 e. The lowest BCUT2D eigenvalue weighted by Crippen LogP contribution is -2.22. The van der Waals surface area contributed by atoms with Gasteiger partial charge in [-0.2, -0.15) is 12.6 Å². The quantitative estimate of drug-likeness (QED) is 0.505. The van der Waals surface area contributed by atoms with Crippen LogP contribution in [0.4, 0.5) is 0 Å². The molecule has 0 radical (unpaired) electrons. The maximum Gasteiger partial charge on any atom is 0.172 e. The Morgan fingerprint density at radius 3 is 2.62 bits per heavy atom. The summed E-state index contributed by atoms with van der Waals surface area (Å²) >= 11 is 4.24. The van der Waals surface area contributed by atoms with Crippen molar-refractivity contribution in [3.63, 3.8) is 0 Å². The van der Waals surface area contributed by atoms with Gasteiger partial charge in [-0.15, -0.1) is 0 Å². The number of rotatable bonds is 4. The van der Waals surface area contributed by atoms with Crippen LogP contribution in [0.25, 0.3) is 0 Å². The number of carbonyl (C=O) groups is 1. The normalized spacial score (nSPS) is 18.5. The number of carbonyl (C=O) groups excluding carboxylic acids is 1. The molecule has 0 atom stereocenters. The summed E-state index contributed by atoms with van der Waals surface area (Å²) in [6, 6.07) is 7.76. The molecule has 0 aromatic heterocycles. The zero-order valence-electron chi connectivity index (χ0n) is 12.9. The van der Waals surface area contributed by atoms with Gasteiger partial charge in [0.25, 0.3) is 0 Å². The van der Waals surface area contributed by atoms with Crippen LogP contribution in [0.5, 0.6) is 0 Å². The Hall–Kier alpha value is -1.06. The second-order valence-electron chi connectivity index (χ2n) is 6.17. The standard InChI is InChI=1S/C18H24O2S/c1-18(2,12-14-4-3-10-20-11-9-14)17(19)16-7-5-15(13-21)6-8-16/h5-8,12,21H,3-4,9-11,13H2,1-2H3/b14-12-. The first-order chi connectivity index (χ1) is 10.0. The molecule has 1 aromatic rings. The summed E-state index contributed by atoms with van der Waals surface area (Å²) in [7, 11) is 0. The monoisotopic (exact) mass is 304 g/mol. The summed E-state index contributed by atoms with van der Waals surface area (Å²) in [5.74, 6) is 0.868. The van der Waals surface area contributed by atoms with Crippen LogP contribution in [0.15, 0.2) is 35.9 Å². The van der Waals surface area contributed by atoms with Crippen LogP contribution in [0.3, 0.4) is 0 Å². The summed E-state index contributed by atoms with van der Waals surface area (Å²) in [5.41, 5.74) is 2.78. The average Bonchev–Trinajstić information content (AvgIpc) is 2.74. The third kappa shape index (κ3) is 4.45. The highest BCUT2D eigenvalue weighted by Gasteiger charge is 2.27. The summed E-state index contributed by atoms with van der Waals surface area (Å²) in [6.07, 6.45) is 5.17. The first kappa shape index (κ1) is 16.3. The molecular weight excluding hydrogens is 280 g/mol. The number of ether oxygens (including phenoxy) is 1. The van der Waals surface area contributed by atoms with E-state index < -0.39 is 5.41 Å². The van der Waals surface area contributed by atoms with Crippen molar-refractivity contribution in [2.45, 2.75) is 38.9 Å². The predicted molar refractivity (Wildman–Crippen MR) is 90.0 cm³/mol. The number of hydrogen-bond acceptors (Lipinski definition) is 3. The highest BCUT2D eigenvalue weighted by molar-refractivity contribution is 7.79. The lowest BCUT2D eigenvalue weighted by molar-refractivity contribution is 0.0884. The second-order valence-corrected chi connectivity index (χ2v) is 6.49. The summed E-state index contributed by atoms with van der Waals surface area (Å²) in [4.78, 5) is 12.7. The number of hydrogen-bond donors (Lipinski definition) is 1. The van der Waals surface area contributed by atoms with Crippen LogP contribution >= 0.6 is 12.6 Å². The number of thiol groups is 1. The molecular formula is C18H24O2S. The van der Waals surface area contributed by atoms with Gasteiger partial charge < -0.3 is 4.74 Å². The fourth-order valence-electron chi connectivity index (χ4n) is 2.69. The molecule has 1 aliphatic rings. The van der Waals surface area contributed by atoms with Crippen molar-refractivity contribution in [3.05, 3.63) is 47.0 Å². The van der Waals surface area contributed by atoms with Crippen LogP contribution in [0, 0.1) is 5.41 Å². The van der Waals surface area contributed by atoms with Crippen molar-refractivity contribution in [1.29, 1.82) is 0 Å². The Morgan fingerprint density at radius 2 is 1.95 bits per heavy atom. The van der Waals surface area contributed by atoms with Crippen LogP contribution in [0.2, 0.25) is 0 Å². The van der Waals surface area contributed by atoms with E-state index in [-0.39, 0.29) is 5.78 Å². The molecule has 21 heavy (non-hydrogen) atoms. The number of benzene rings is 1. The van der Waals surface area contributed by atoms with Gasteiger partial charge >= 0.3 is 0 Å². The molecule has 0 N–H and O–H groups in total. The van der Waals surface area contributed by atoms with E-state index in [2.05, 4.69) is 18.7 Å². The van der Waals surface area contributed by atoms with Gasteiger partial charge in [-0.1, -0.05) is 35.9 Å². The summed E-state index contributed by atoms with van der Waals surface area (Å²) in [6.45, 7) is 5.60. The molecule has 1 aliphatic heterocycles. The third-order valence-corrected chi connectivity index (χ3v) is 4.27. The van der Waals surface area contributed by atoms with E-state index in [9.17, 15) is 4.79 Å². The minimum Gasteiger partial charge on any atom is -0.381 e. The van der Waals surface area contributed by atoms with E-state index >= 15 is 0 Å². The number of Topliss-reactive ketones (excluding diaryl/α,β-unsaturated/α-hetero) is 1. The minimum absolute atomic E-state index is 0.172. The lowest BCUT2D eigenvalue weighted by atomic mass is 9.81. The molecule has 1 aromatic carbocycles. The topological polar surface area (TPSA) is 26.3 Å². The molecule has 1 fully saturated rings. The molecule has 0 amide bonds. The zero-order chi connectivity index (χ0) is 15.3. The molecule has 2 rings (SSSR count). The van der Waals surface area contributed by atoms with Crippen molar-refractivity contribution in [2.24, 2.45) is 5.41 Å². The fraction of sp³-hybridized carbons (Fsp3) is 0.500. The van der Waals surface area contributed by atoms with Gasteiger partial charge in [-0.05, 0) is 38.7 Å². The average molecular weight is 304 g/mol. The third-order valence-electron chi connectivity index (χ3n) is 3.90. The van der Waals surface area contributed by atoms with Gasteiger partial charge in [-0.3, -0.25) is 4.79 Å². The van der Waals surface area contributed by atoms with Gasteiger partial charge in [0.1, 0.15) is 0 Å². The minimum atomic E-state index is -0.470. The maximum atomic E-state index is 12.7. The highest BCUT2D eigenvalue weighted by atomic mass is 32.1. The molecule has 1 saturated heterocycles. The Labute approximate surface area is 133 Å². The van der Waals surface area contributed by atoms with E-state index in [1.807, 2.05) is 38.1 Å². The molecule has 0 aliphatic carbocycles. The van der Waals surface area contributed by atoms with Crippen molar-refractivity contribution < 1.29 is 9.53 Å². The Bertz CT molecular complexity index is 505. The molecule has 2 nitrogen and oxygen atoms in total. The molecule has 0 unspecified atom stereocenters. The molecule has 0 spiro atoms. The number of allylic oxidation sites excluding steroid dienone is 1. The van der Waals surface area contributed by atoms with Gasteiger partial charge in [0.2, 0.25) is 0 Å². The molecule has 114 valence electrons. The summed E-state index contributed by atoms with van der Waals surface area (Å²) < 4.78 is 5.48. The number of ketones is 1. The Balaban J connectivity index is 2.16. The maximum absolute atomic E-state index is 12.7. The van der Waals surface area contributed by atoms with E-state index in [0.717, 1.165) is 43.6 Å². The Morgan fingerprint density at radius 1 is 1.24 bits per heavy atom. The molecule has 0 saturated carbocycles. The molecule has 1 heterocycles. The largest absolute Gasteiger partial charge is 0.381 e. The first-order valence-electron chi connectivity index (χ1n) is 7.56. The Kier molecular flexibility index (Phi) is 5.65. The summed E-state index contributed by atoms with van der Waals surface area (Å²) in [5, 5.41) is 0. The van der Waals surface area contributed by atoms with E-state index in [0.29, 0.717) is 5.75 Å². The van der Waals surface area contributed by atoms with Crippen molar-refractivity contribution in [2.75, 3.05) is 13.2 Å². The first-order valence-corrected chi connectivity index (χ1v) is 8.19. The van der Waals surface area contributed by atoms with Crippen LogP contribution < -0.4 is 0 Å². The van der Waals surface area contributed by atoms with Gasteiger partial charge in [0.15, 0.2) is 5.78 Å². The van der Waals surface area contributed by atoms with Crippen LogP contribution in [-0.2, 0) is 10.5 Å². The zero-order valence-corrected chi connectivity index (χ0v) is 13.8. The van der Waals surface area contributed by atoms with E-state index in [1.54, 1.807) is 0 Å². The van der Waals surface area contributed by atoms with Crippen molar-refractivity contribution in [3.8, 4) is 0 Å². The van der Waals surface area contributed by atoms with Crippen LogP contribution in [0.1, 0.15) is 49.0 Å². The lowest BCUT2D eigenvalue weighted by Gasteiger charge is -2.21. The highest BCUT2D eigenvalue weighted by Crippen LogP contribution is 2.28. The van der Waals surface area contributed by atoms with E-state index in [4.69, 9.17) is 4.74 Å². The van der Waals surface area contributed by atoms with E-state index in [1.165, 1.54) is 5.57 Å². The fourth-order valence-corrected chi connectivity index (χ4v) is 2.90. The molecule has 3 heteroatoms. The SMILES string of the molecule is CC(C)(/C=C1/CCCOCC1)C(=O)c1ccc(CS)cc1. The van der Waals surface area contributed by atoms with Gasteiger partial charge in [0.05, 0.1) is 6.61 Å². The van der Waals surface area contributed by atoms with Crippen LogP contribution in [-0.4, -0.2) is 19.0 Å². The van der Waals surface area contributed by atoms with Crippen molar-refractivity contribution in [1.82, 2.24) is 0 Å². The van der Waals surface area contributed by atoms with Gasteiger partial charge in [-0.25, -0.2) is 0 Å². The van der Waals surface area contributed by atoms with Crippen molar-refractivity contribution >= 4 is 18.4 Å². The second kappa shape index (κ2) is 7.28. The molecule has 0 bridgehead atoms.